The van der Waals surface area contributed by atoms with E-state index in [0.29, 0.717) is 18.6 Å². The number of hydrogen-bond acceptors (Lipinski definition) is 5. The first kappa shape index (κ1) is 18.7. The van der Waals surface area contributed by atoms with Gasteiger partial charge in [0, 0.05) is 29.3 Å². The van der Waals surface area contributed by atoms with Gasteiger partial charge in [0.25, 0.3) is 0 Å². The normalized spacial score (nSPS) is 22.0. The smallest absolute Gasteiger partial charge is 0.336 e. The minimum atomic E-state index is -0.356. The Morgan fingerprint density at radius 1 is 1.18 bits per heavy atom. The Morgan fingerprint density at radius 3 is 2.64 bits per heavy atom. The predicted octanol–water partition coefficient (Wildman–Crippen LogP) is 4.67. The topological polar surface area (TPSA) is 55.4 Å². The van der Waals surface area contributed by atoms with Crippen molar-refractivity contribution in [3.8, 4) is 0 Å². The van der Waals surface area contributed by atoms with E-state index < -0.39 is 0 Å². The molecule has 0 fully saturated rings. The zero-order valence-electron chi connectivity index (χ0n) is 16.0. The van der Waals surface area contributed by atoms with Crippen molar-refractivity contribution in [3.63, 3.8) is 0 Å². The molecule has 5 heteroatoms. The Labute approximate surface area is 168 Å². The number of Topliss-reactive ketones (excluding diaryl/α,β-unsaturated/α-hetero) is 1. The van der Waals surface area contributed by atoms with Gasteiger partial charge >= 0.3 is 5.97 Å². The SMILES string of the molecule is CCOC(=O)C1=C(C)NC2=C(C(=O)C[C@@H](c3ccccc3)C2)[C@@H]1c1ccsc1. The molecule has 2 aromatic rings. The highest BCUT2D eigenvalue weighted by Crippen LogP contribution is 2.46. The standard InChI is InChI=1S/C23H23NO3S/c1-3-27-23(26)20-14(2)24-18-11-17(15-7-5-4-6-8-15)12-19(25)22(18)21(20)16-9-10-28-13-16/h4-10,13,17,21,24H,3,11-12H2,1-2H3/t17-,21+/m0/s1. The van der Waals surface area contributed by atoms with Gasteiger partial charge in [0.05, 0.1) is 12.2 Å². The largest absolute Gasteiger partial charge is 0.463 e. The number of rotatable bonds is 4. The van der Waals surface area contributed by atoms with Crippen molar-refractivity contribution in [2.45, 2.75) is 38.5 Å². The summed E-state index contributed by atoms with van der Waals surface area (Å²) in [4.78, 5) is 26.0. The average molecular weight is 394 g/mol. The lowest BCUT2D eigenvalue weighted by atomic mass is 9.72. The average Bonchev–Trinajstić information content (AvgIpc) is 3.22. The monoisotopic (exact) mass is 393 g/mol. The minimum Gasteiger partial charge on any atom is -0.463 e. The van der Waals surface area contributed by atoms with Gasteiger partial charge in [-0.3, -0.25) is 4.79 Å². The molecule has 1 N–H and O–H groups in total. The molecule has 0 unspecified atom stereocenters. The Balaban J connectivity index is 1.77. The van der Waals surface area contributed by atoms with E-state index in [1.54, 1.807) is 18.3 Å². The van der Waals surface area contributed by atoms with Crippen molar-refractivity contribution in [3.05, 3.63) is 80.8 Å². The van der Waals surface area contributed by atoms with Gasteiger partial charge in [0.15, 0.2) is 5.78 Å². The summed E-state index contributed by atoms with van der Waals surface area (Å²) in [5.41, 5.74) is 5.13. The molecular formula is C23H23NO3S. The Kier molecular flexibility index (Phi) is 5.18. The number of dihydropyridines is 1. The van der Waals surface area contributed by atoms with Crippen LogP contribution in [-0.2, 0) is 14.3 Å². The molecule has 0 spiro atoms. The third kappa shape index (κ3) is 3.31. The fourth-order valence-electron chi connectivity index (χ4n) is 4.25. The van der Waals surface area contributed by atoms with E-state index in [2.05, 4.69) is 17.4 Å². The van der Waals surface area contributed by atoms with E-state index >= 15 is 0 Å². The fraction of sp³-hybridized carbons (Fsp3) is 0.304. The Hall–Kier alpha value is -2.66. The minimum absolute atomic E-state index is 0.105. The second-order valence-corrected chi connectivity index (χ2v) is 7.99. The van der Waals surface area contributed by atoms with Crippen LogP contribution in [-0.4, -0.2) is 18.4 Å². The first-order chi connectivity index (χ1) is 13.6. The highest BCUT2D eigenvalue weighted by atomic mass is 32.1. The van der Waals surface area contributed by atoms with Crippen LogP contribution in [0.5, 0.6) is 0 Å². The van der Waals surface area contributed by atoms with Gasteiger partial charge in [0.1, 0.15) is 0 Å². The summed E-state index contributed by atoms with van der Waals surface area (Å²) in [7, 11) is 0. The molecule has 4 nitrogen and oxygen atoms in total. The van der Waals surface area contributed by atoms with Crippen molar-refractivity contribution in [2.24, 2.45) is 0 Å². The number of allylic oxidation sites excluding steroid dienone is 3. The number of ether oxygens (including phenoxy) is 1. The lowest BCUT2D eigenvalue weighted by Gasteiger charge is -2.36. The van der Waals surface area contributed by atoms with Crippen molar-refractivity contribution < 1.29 is 14.3 Å². The van der Waals surface area contributed by atoms with Gasteiger partial charge in [0.2, 0.25) is 0 Å². The van der Waals surface area contributed by atoms with Crippen LogP contribution in [0.25, 0.3) is 0 Å². The first-order valence-electron chi connectivity index (χ1n) is 9.58. The maximum atomic E-state index is 13.3. The third-order valence-corrected chi connectivity index (χ3v) is 6.17. The highest BCUT2D eigenvalue weighted by molar-refractivity contribution is 7.08. The molecule has 0 amide bonds. The summed E-state index contributed by atoms with van der Waals surface area (Å²) in [5, 5.41) is 7.37. The maximum absolute atomic E-state index is 13.3. The molecule has 0 saturated carbocycles. The molecule has 1 aromatic carbocycles. The zero-order chi connectivity index (χ0) is 19.7. The number of nitrogens with one attached hydrogen (secondary N) is 1. The van der Waals surface area contributed by atoms with E-state index in [1.807, 2.05) is 41.9 Å². The van der Waals surface area contributed by atoms with Crippen molar-refractivity contribution >= 4 is 23.1 Å². The van der Waals surface area contributed by atoms with E-state index in [-0.39, 0.29) is 23.6 Å². The van der Waals surface area contributed by atoms with Crippen LogP contribution in [0.3, 0.4) is 0 Å². The van der Waals surface area contributed by atoms with E-state index in [4.69, 9.17) is 4.74 Å². The van der Waals surface area contributed by atoms with Crippen LogP contribution in [0, 0.1) is 0 Å². The maximum Gasteiger partial charge on any atom is 0.336 e. The zero-order valence-corrected chi connectivity index (χ0v) is 16.8. The fourth-order valence-corrected chi connectivity index (χ4v) is 4.94. The highest BCUT2D eigenvalue weighted by Gasteiger charge is 2.41. The van der Waals surface area contributed by atoms with Gasteiger partial charge in [-0.1, -0.05) is 30.3 Å². The van der Waals surface area contributed by atoms with E-state index in [0.717, 1.165) is 29.0 Å². The molecular weight excluding hydrogens is 370 g/mol. The second-order valence-electron chi connectivity index (χ2n) is 7.21. The number of thiophene rings is 1. The molecule has 4 rings (SSSR count). The molecule has 1 aliphatic carbocycles. The Morgan fingerprint density at radius 2 is 1.96 bits per heavy atom. The lowest BCUT2D eigenvalue weighted by Crippen LogP contribution is -2.36. The number of esters is 1. The molecule has 1 aromatic heterocycles. The molecule has 2 aliphatic rings. The molecule has 0 radical (unpaired) electrons. The molecule has 28 heavy (non-hydrogen) atoms. The predicted molar refractivity (Wildman–Crippen MR) is 110 cm³/mol. The quantitative estimate of drug-likeness (QED) is 0.767. The van der Waals surface area contributed by atoms with E-state index in [9.17, 15) is 9.59 Å². The Bertz CT molecular complexity index is 957. The van der Waals surface area contributed by atoms with Gasteiger partial charge in [-0.2, -0.15) is 11.3 Å². The van der Waals surface area contributed by atoms with Crippen LogP contribution in [0.15, 0.2) is 69.7 Å². The first-order valence-corrected chi connectivity index (χ1v) is 10.5. The van der Waals surface area contributed by atoms with E-state index in [1.165, 1.54) is 5.56 Å². The van der Waals surface area contributed by atoms with Crippen LogP contribution in [0.1, 0.15) is 49.7 Å². The van der Waals surface area contributed by atoms with Crippen molar-refractivity contribution in [1.29, 1.82) is 0 Å². The number of carbonyl (C=O) groups excluding carboxylic acids is 2. The summed E-state index contributed by atoms with van der Waals surface area (Å²) in [6.45, 7) is 4.00. The summed E-state index contributed by atoms with van der Waals surface area (Å²) in [6.07, 6.45) is 1.22. The molecule has 0 bridgehead atoms. The number of benzene rings is 1. The lowest BCUT2D eigenvalue weighted by molar-refractivity contribution is -0.138. The van der Waals surface area contributed by atoms with Crippen molar-refractivity contribution in [2.75, 3.05) is 6.61 Å². The summed E-state index contributed by atoms with van der Waals surface area (Å²) in [5.74, 6) is -0.452. The second kappa shape index (κ2) is 7.76. The third-order valence-electron chi connectivity index (χ3n) is 5.47. The number of ketones is 1. The molecule has 144 valence electrons. The van der Waals surface area contributed by atoms with Crippen molar-refractivity contribution in [1.82, 2.24) is 5.32 Å². The van der Waals surface area contributed by atoms with Crippen LogP contribution in [0.2, 0.25) is 0 Å². The summed E-state index contributed by atoms with van der Waals surface area (Å²) in [6, 6.07) is 12.2. The molecule has 2 heterocycles. The van der Waals surface area contributed by atoms with Gasteiger partial charge in [-0.25, -0.2) is 4.79 Å². The van der Waals surface area contributed by atoms with Crippen LogP contribution >= 0.6 is 11.3 Å². The molecule has 1 aliphatic heterocycles. The summed E-state index contributed by atoms with van der Waals surface area (Å²) >= 11 is 1.57. The molecule has 0 saturated heterocycles. The van der Waals surface area contributed by atoms with Gasteiger partial charge in [-0.05, 0) is 54.1 Å². The van der Waals surface area contributed by atoms with Crippen LogP contribution < -0.4 is 5.32 Å². The number of hydrogen-bond donors (Lipinski definition) is 1. The van der Waals surface area contributed by atoms with Gasteiger partial charge in [-0.15, -0.1) is 0 Å². The van der Waals surface area contributed by atoms with Crippen LogP contribution in [0.4, 0.5) is 0 Å². The molecule has 2 atom stereocenters. The summed E-state index contributed by atoms with van der Waals surface area (Å²) < 4.78 is 5.32. The van der Waals surface area contributed by atoms with Gasteiger partial charge < -0.3 is 10.1 Å². The number of carbonyl (C=O) groups is 2.